The quantitative estimate of drug-likeness (QED) is 0.693. The number of amides is 1. The zero-order valence-corrected chi connectivity index (χ0v) is 11.7. The monoisotopic (exact) mass is 287 g/mol. The maximum atomic E-state index is 11.8. The fraction of sp³-hybridized carbons (Fsp3) is 0.0667. The number of nitrogens with one attached hydrogen (secondary N) is 1. The summed E-state index contributed by atoms with van der Waals surface area (Å²) in [6.07, 6.45) is 1.15. The Morgan fingerprint density at radius 2 is 2.00 bits per heavy atom. The van der Waals surface area contributed by atoms with Gasteiger partial charge in [0.15, 0.2) is 0 Å². The number of esters is 1. The minimum atomic E-state index is -0.475. The number of hydrogen-bond donors (Lipinski definition) is 1. The largest absolute Gasteiger partial charge is 0.465 e. The van der Waals surface area contributed by atoms with Gasteiger partial charge in [-0.05, 0) is 17.7 Å². The van der Waals surface area contributed by atoms with Gasteiger partial charge in [-0.3, -0.25) is 4.79 Å². The summed E-state index contributed by atoms with van der Waals surface area (Å²) in [5.74, 6) is -0.843. The van der Waals surface area contributed by atoms with Crippen LogP contribution < -0.4 is 5.32 Å². The van der Waals surface area contributed by atoms with Gasteiger partial charge in [-0.1, -0.05) is 36.9 Å². The van der Waals surface area contributed by atoms with Crippen molar-refractivity contribution in [1.29, 1.82) is 0 Å². The van der Waals surface area contributed by atoms with Crippen molar-refractivity contribution in [3.05, 3.63) is 53.9 Å². The molecule has 2 aromatic rings. The van der Waals surface area contributed by atoms with Crippen molar-refractivity contribution < 1.29 is 14.3 Å². The van der Waals surface area contributed by atoms with Crippen LogP contribution >= 0.6 is 11.3 Å². The molecule has 0 atom stereocenters. The Morgan fingerprint density at radius 1 is 1.30 bits per heavy atom. The fourth-order valence-electron chi connectivity index (χ4n) is 1.66. The molecule has 0 spiro atoms. The van der Waals surface area contributed by atoms with Gasteiger partial charge in [0.1, 0.15) is 4.88 Å². The second-order valence-electron chi connectivity index (χ2n) is 3.90. The Morgan fingerprint density at radius 3 is 2.60 bits per heavy atom. The van der Waals surface area contributed by atoms with E-state index in [1.165, 1.54) is 18.4 Å². The lowest BCUT2D eigenvalue weighted by Gasteiger charge is -2.01. The lowest BCUT2D eigenvalue weighted by molar-refractivity contribution is -0.111. The number of carbonyl (C=O) groups excluding carboxylic acids is 2. The summed E-state index contributed by atoms with van der Waals surface area (Å²) in [5, 5.41) is 2.62. The lowest BCUT2D eigenvalue weighted by Crippen LogP contribution is -2.10. The van der Waals surface area contributed by atoms with Gasteiger partial charge in [0, 0.05) is 4.88 Å². The number of methoxy groups -OCH3 is 1. The molecule has 2 rings (SSSR count). The van der Waals surface area contributed by atoms with Crippen LogP contribution in [0.25, 0.3) is 10.4 Å². The number of carbonyl (C=O) groups is 2. The van der Waals surface area contributed by atoms with E-state index in [9.17, 15) is 9.59 Å². The van der Waals surface area contributed by atoms with Gasteiger partial charge < -0.3 is 10.1 Å². The van der Waals surface area contributed by atoms with E-state index in [1.807, 2.05) is 30.3 Å². The summed E-state index contributed by atoms with van der Waals surface area (Å²) < 4.78 is 4.74. The third-order valence-electron chi connectivity index (χ3n) is 2.60. The highest BCUT2D eigenvalue weighted by Gasteiger charge is 2.18. The Hall–Kier alpha value is -2.40. The van der Waals surface area contributed by atoms with E-state index in [0.717, 1.165) is 16.5 Å². The third-order valence-corrected chi connectivity index (χ3v) is 3.77. The number of ether oxygens (including phenoxy) is 1. The Balaban J connectivity index is 2.44. The number of thiophene rings is 1. The van der Waals surface area contributed by atoms with Gasteiger partial charge in [0.25, 0.3) is 0 Å². The summed E-state index contributed by atoms with van der Waals surface area (Å²) in [6, 6.07) is 11.4. The van der Waals surface area contributed by atoms with Crippen LogP contribution in [0.2, 0.25) is 0 Å². The van der Waals surface area contributed by atoms with E-state index in [0.29, 0.717) is 10.6 Å². The maximum absolute atomic E-state index is 11.8. The average Bonchev–Trinajstić information content (AvgIpc) is 2.91. The zero-order chi connectivity index (χ0) is 14.5. The molecule has 0 radical (unpaired) electrons. The van der Waals surface area contributed by atoms with Crippen molar-refractivity contribution in [2.45, 2.75) is 0 Å². The standard InChI is InChI=1S/C15H13NO3S/c1-3-13(17)16-11-9-12(10-7-5-4-6-8-10)20-14(11)15(18)19-2/h3-9H,1H2,2H3,(H,16,17). The smallest absolute Gasteiger partial charge is 0.350 e. The second-order valence-corrected chi connectivity index (χ2v) is 4.96. The normalized spacial score (nSPS) is 9.85. The van der Waals surface area contributed by atoms with E-state index >= 15 is 0 Å². The molecule has 20 heavy (non-hydrogen) atoms. The molecule has 0 aliphatic rings. The van der Waals surface area contributed by atoms with Crippen LogP contribution in [0.1, 0.15) is 9.67 Å². The SMILES string of the molecule is C=CC(=O)Nc1cc(-c2ccccc2)sc1C(=O)OC. The molecule has 0 saturated heterocycles. The van der Waals surface area contributed by atoms with Crippen LogP contribution in [0, 0.1) is 0 Å². The molecule has 0 bridgehead atoms. The maximum Gasteiger partial charge on any atom is 0.350 e. The highest BCUT2D eigenvalue weighted by atomic mass is 32.1. The van der Waals surface area contributed by atoms with Gasteiger partial charge in [0.2, 0.25) is 5.91 Å². The first-order chi connectivity index (χ1) is 9.65. The van der Waals surface area contributed by atoms with E-state index in [2.05, 4.69) is 11.9 Å². The summed E-state index contributed by atoms with van der Waals surface area (Å²) in [6.45, 7) is 3.39. The molecule has 1 aromatic carbocycles. The Labute approximate surface area is 120 Å². The van der Waals surface area contributed by atoms with Crippen molar-refractivity contribution >= 4 is 28.9 Å². The van der Waals surface area contributed by atoms with Crippen LogP contribution in [-0.4, -0.2) is 19.0 Å². The molecule has 1 N–H and O–H groups in total. The van der Waals surface area contributed by atoms with E-state index < -0.39 is 5.97 Å². The third kappa shape index (κ3) is 2.95. The molecule has 1 heterocycles. The molecule has 5 heteroatoms. The number of rotatable bonds is 4. The Bertz CT molecular complexity index is 646. The molecule has 1 aromatic heterocycles. The van der Waals surface area contributed by atoms with E-state index in [1.54, 1.807) is 6.07 Å². The fourth-order valence-corrected chi connectivity index (χ4v) is 2.69. The lowest BCUT2D eigenvalue weighted by atomic mass is 10.2. The summed E-state index contributed by atoms with van der Waals surface area (Å²) in [7, 11) is 1.31. The highest BCUT2D eigenvalue weighted by molar-refractivity contribution is 7.18. The molecule has 0 fully saturated rings. The molecular formula is C15H13NO3S. The minimum absolute atomic E-state index is 0.363. The summed E-state index contributed by atoms with van der Waals surface area (Å²) in [4.78, 5) is 24.4. The molecular weight excluding hydrogens is 274 g/mol. The average molecular weight is 287 g/mol. The van der Waals surface area contributed by atoms with E-state index in [4.69, 9.17) is 4.74 Å². The first kappa shape index (κ1) is 14.0. The first-order valence-electron chi connectivity index (χ1n) is 5.86. The van der Waals surface area contributed by atoms with Crippen molar-refractivity contribution in [3.63, 3.8) is 0 Å². The highest BCUT2D eigenvalue weighted by Crippen LogP contribution is 2.35. The molecule has 0 saturated carbocycles. The molecule has 0 aliphatic heterocycles. The first-order valence-corrected chi connectivity index (χ1v) is 6.68. The van der Waals surface area contributed by atoms with E-state index in [-0.39, 0.29) is 5.91 Å². The van der Waals surface area contributed by atoms with Crippen molar-refractivity contribution in [1.82, 2.24) is 0 Å². The van der Waals surface area contributed by atoms with Crippen LogP contribution in [0.4, 0.5) is 5.69 Å². The predicted octanol–water partition coefficient (Wildman–Crippen LogP) is 3.33. The van der Waals surface area contributed by atoms with Crippen LogP contribution in [0.15, 0.2) is 49.1 Å². The van der Waals surface area contributed by atoms with Gasteiger partial charge in [0.05, 0.1) is 12.8 Å². The topological polar surface area (TPSA) is 55.4 Å². The number of benzene rings is 1. The second kappa shape index (κ2) is 6.16. The minimum Gasteiger partial charge on any atom is -0.465 e. The number of anilines is 1. The zero-order valence-electron chi connectivity index (χ0n) is 10.9. The van der Waals surface area contributed by atoms with Gasteiger partial charge >= 0.3 is 5.97 Å². The van der Waals surface area contributed by atoms with Crippen LogP contribution in [0.3, 0.4) is 0 Å². The molecule has 1 amide bonds. The van der Waals surface area contributed by atoms with Crippen molar-refractivity contribution in [2.24, 2.45) is 0 Å². The van der Waals surface area contributed by atoms with Crippen LogP contribution in [-0.2, 0) is 9.53 Å². The van der Waals surface area contributed by atoms with Crippen LogP contribution in [0.5, 0.6) is 0 Å². The Kier molecular flexibility index (Phi) is 4.32. The van der Waals surface area contributed by atoms with Gasteiger partial charge in [-0.15, -0.1) is 11.3 Å². The molecule has 0 unspecified atom stereocenters. The summed E-state index contributed by atoms with van der Waals surface area (Å²) >= 11 is 1.27. The predicted molar refractivity (Wildman–Crippen MR) is 79.9 cm³/mol. The molecule has 4 nitrogen and oxygen atoms in total. The molecule has 102 valence electrons. The van der Waals surface area contributed by atoms with Crippen molar-refractivity contribution in [3.8, 4) is 10.4 Å². The van der Waals surface area contributed by atoms with Gasteiger partial charge in [-0.25, -0.2) is 4.79 Å². The number of hydrogen-bond acceptors (Lipinski definition) is 4. The van der Waals surface area contributed by atoms with Gasteiger partial charge in [-0.2, -0.15) is 0 Å². The summed E-state index contributed by atoms with van der Waals surface area (Å²) in [5.41, 5.74) is 1.41. The molecule has 0 aliphatic carbocycles. The van der Waals surface area contributed by atoms with Crippen molar-refractivity contribution in [2.75, 3.05) is 12.4 Å².